The molecule has 110 valence electrons. The first-order valence-corrected chi connectivity index (χ1v) is 7.21. The summed E-state index contributed by atoms with van der Waals surface area (Å²) >= 11 is 0. The second-order valence-corrected chi connectivity index (χ2v) is 5.33. The van der Waals surface area contributed by atoms with Gasteiger partial charge in [0.05, 0.1) is 11.4 Å². The van der Waals surface area contributed by atoms with Gasteiger partial charge in [0.15, 0.2) is 6.29 Å². The Bertz CT molecular complexity index is 806. The Hall–Kier alpha value is -2.75. The van der Waals surface area contributed by atoms with E-state index in [4.69, 9.17) is 0 Å². The van der Waals surface area contributed by atoms with Crippen LogP contribution in [0.5, 0.6) is 0 Å². The first-order valence-electron chi connectivity index (χ1n) is 7.21. The van der Waals surface area contributed by atoms with E-state index in [0.29, 0.717) is 12.1 Å². The summed E-state index contributed by atoms with van der Waals surface area (Å²) in [5.41, 5.74) is 5.62. The highest BCUT2D eigenvalue weighted by atomic mass is 16.1. The molecule has 0 spiro atoms. The van der Waals surface area contributed by atoms with Crippen molar-refractivity contribution in [2.24, 2.45) is 0 Å². The van der Waals surface area contributed by atoms with E-state index in [1.165, 1.54) is 5.56 Å². The quantitative estimate of drug-likeness (QED) is 0.693. The van der Waals surface area contributed by atoms with Crippen LogP contribution in [0.1, 0.15) is 32.9 Å². The summed E-state index contributed by atoms with van der Waals surface area (Å²) in [6, 6.07) is 16.1. The number of aromatic nitrogens is 3. The number of nitrogens with zero attached hydrogens (tertiary/aromatic N) is 3. The summed E-state index contributed by atoms with van der Waals surface area (Å²) in [7, 11) is 0. The van der Waals surface area contributed by atoms with Gasteiger partial charge in [-0.3, -0.25) is 4.79 Å². The third-order valence-corrected chi connectivity index (χ3v) is 3.92. The minimum absolute atomic E-state index is 0.393. The minimum Gasteiger partial charge on any atom is -0.296 e. The summed E-state index contributed by atoms with van der Waals surface area (Å²) in [4.78, 5) is 11.3. The van der Waals surface area contributed by atoms with E-state index in [9.17, 15) is 4.79 Å². The molecule has 0 radical (unpaired) electrons. The molecule has 0 atom stereocenters. The molecule has 0 amide bonds. The van der Waals surface area contributed by atoms with Gasteiger partial charge in [-0.15, -0.1) is 5.10 Å². The van der Waals surface area contributed by atoms with E-state index in [2.05, 4.69) is 30.2 Å². The van der Waals surface area contributed by atoms with Crippen LogP contribution in [0.3, 0.4) is 0 Å². The molecule has 0 unspecified atom stereocenters. The second-order valence-electron chi connectivity index (χ2n) is 5.33. The molecular formula is C18H17N3O. The Morgan fingerprint density at radius 2 is 1.82 bits per heavy atom. The van der Waals surface area contributed by atoms with Crippen LogP contribution < -0.4 is 0 Å². The van der Waals surface area contributed by atoms with Crippen molar-refractivity contribution in [2.75, 3.05) is 0 Å². The molecule has 0 saturated carbocycles. The highest BCUT2D eigenvalue weighted by molar-refractivity contribution is 5.74. The standard InChI is InChI=1S/C18H17N3O/c1-13-7-6-10-17(14(13)2)21-18(16(12-22)19-20-21)11-15-8-4-3-5-9-15/h3-10,12H,11H2,1-2H3. The van der Waals surface area contributed by atoms with E-state index in [-0.39, 0.29) is 0 Å². The average Bonchev–Trinajstić information content (AvgIpc) is 2.93. The third kappa shape index (κ3) is 2.55. The lowest BCUT2D eigenvalue weighted by Gasteiger charge is -2.11. The van der Waals surface area contributed by atoms with Gasteiger partial charge in [-0.2, -0.15) is 0 Å². The fourth-order valence-electron chi connectivity index (χ4n) is 2.52. The van der Waals surface area contributed by atoms with Crippen molar-refractivity contribution in [3.8, 4) is 5.69 Å². The molecule has 3 aromatic rings. The van der Waals surface area contributed by atoms with Crippen LogP contribution in [0, 0.1) is 13.8 Å². The lowest BCUT2D eigenvalue weighted by atomic mass is 10.1. The van der Waals surface area contributed by atoms with Crippen LogP contribution in [-0.2, 0) is 6.42 Å². The fourth-order valence-corrected chi connectivity index (χ4v) is 2.52. The predicted octanol–water partition coefficient (Wildman–Crippen LogP) is 3.29. The van der Waals surface area contributed by atoms with Gasteiger partial charge in [0.2, 0.25) is 0 Å². The smallest absolute Gasteiger partial charge is 0.172 e. The van der Waals surface area contributed by atoms with Gasteiger partial charge < -0.3 is 0 Å². The summed E-state index contributed by atoms with van der Waals surface area (Å²) in [5, 5.41) is 8.21. The molecule has 0 N–H and O–H groups in total. The molecule has 0 bridgehead atoms. The zero-order chi connectivity index (χ0) is 15.5. The summed E-state index contributed by atoms with van der Waals surface area (Å²) < 4.78 is 1.78. The zero-order valence-corrected chi connectivity index (χ0v) is 12.7. The van der Waals surface area contributed by atoms with Crippen molar-refractivity contribution in [2.45, 2.75) is 20.3 Å². The number of aryl methyl sites for hydroxylation is 1. The van der Waals surface area contributed by atoms with Crippen molar-refractivity contribution >= 4 is 6.29 Å². The molecule has 0 aliphatic rings. The Morgan fingerprint density at radius 1 is 1.05 bits per heavy atom. The Labute approximate surface area is 129 Å². The molecule has 3 rings (SSSR count). The molecular weight excluding hydrogens is 274 g/mol. The first kappa shape index (κ1) is 14.2. The number of carbonyl (C=O) groups excluding carboxylic acids is 1. The highest BCUT2D eigenvalue weighted by Gasteiger charge is 2.16. The number of hydrogen-bond acceptors (Lipinski definition) is 3. The van der Waals surface area contributed by atoms with E-state index in [0.717, 1.165) is 28.8 Å². The predicted molar refractivity (Wildman–Crippen MR) is 85.5 cm³/mol. The van der Waals surface area contributed by atoms with Crippen LogP contribution >= 0.6 is 0 Å². The van der Waals surface area contributed by atoms with E-state index < -0.39 is 0 Å². The third-order valence-electron chi connectivity index (χ3n) is 3.92. The number of rotatable bonds is 4. The molecule has 1 heterocycles. The SMILES string of the molecule is Cc1cccc(-n2nnc(C=O)c2Cc2ccccc2)c1C. The van der Waals surface area contributed by atoms with Crippen LogP contribution in [-0.4, -0.2) is 21.3 Å². The Balaban J connectivity index is 2.11. The molecule has 2 aromatic carbocycles. The van der Waals surface area contributed by atoms with Crippen LogP contribution in [0.25, 0.3) is 5.69 Å². The van der Waals surface area contributed by atoms with Gasteiger partial charge in [-0.1, -0.05) is 47.7 Å². The van der Waals surface area contributed by atoms with Crippen molar-refractivity contribution < 1.29 is 4.79 Å². The molecule has 0 aliphatic carbocycles. The van der Waals surface area contributed by atoms with Crippen LogP contribution in [0.15, 0.2) is 48.5 Å². The maximum Gasteiger partial charge on any atom is 0.172 e. The van der Waals surface area contributed by atoms with Crippen molar-refractivity contribution in [3.63, 3.8) is 0 Å². The molecule has 22 heavy (non-hydrogen) atoms. The number of aldehydes is 1. The highest BCUT2D eigenvalue weighted by Crippen LogP contribution is 2.21. The first-order chi connectivity index (χ1) is 10.7. The largest absolute Gasteiger partial charge is 0.296 e. The van der Waals surface area contributed by atoms with Gasteiger partial charge in [-0.05, 0) is 36.6 Å². The molecule has 0 aliphatic heterocycles. The lowest BCUT2D eigenvalue weighted by Crippen LogP contribution is -2.07. The van der Waals surface area contributed by atoms with Gasteiger partial charge >= 0.3 is 0 Å². The molecule has 0 fully saturated rings. The van der Waals surface area contributed by atoms with Gasteiger partial charge in [0.25, 0.3) is 0 Å². The monoisotopic (exact) mass is 291 g/mol. The summed E-state index contributed by atoms with van der Waals surface area (Å²) in [6.07, 6.45) is 1.39. The molecule has 1 aromatic heterocycles. The maximum absolute atomic E-state index is 11.3. The second kappa shape index (κ2) is 5.93. The van der Waals surface area contributed by atoms with Gasteiger partial charge in [0.1, 0.15) is 5.69 Å². The van der Waals surface area contributed by atoms with Crippen LogP contribution in [0.2, 0.25) is 0 Å². The van der Waals surface area contributed by atoms with E-state index in [1.54, 1.807) is 4.68 Å². The van der Waals surface area contributed by atoms with Crippen molar-refractivity contribution in [1.82, 2.24) is 15.0 Å². The summed E-state index contributed by atoms with van der Waals surface area (Å²) in [6.45, 7) is 4.12. The van der Waals surface area contributed by atoms with Gasteiger partial charge in [0, 0.05) is 6.42 Å². The minimum atomic E-state index is 0.393. The fraction of sp³-hybridized carbons (Fsp3) is 0.167. The normalized spacial score (nSPS) is 10.6. The number of hydrogen-bond donors (Lipinski definition) is 0. The maximum atomic E-state index is 11.3. The lowest BCUT2D eigenvalue weighted by molar-refractivity contribution is 0.111. The molecule has 0 saturated heterocycles. The van der Waals surface area contributed by atoms with E-state index >= 15 is 0 Å². The zero-order valence-electron chi connectivity index (χ0n) is 12.7. The number of carbonyl (C=O) groups is 1. The van der Waals surface area contributed by atoms with Gasteiger partial charge in [-0.25, -0.2) is 4.68 Å². The van der Waals surface area contributed by atoms with Crippen LogP contribution in [0.4, 0.5) is 0 Å². The molecule has 4 heteroatoms. The Morgan fingerprint density at radius 3 is 2.55 bits per heavy atom. The average molecular weight is 291 g/mol. The summed E-state index contributed by atoms with van der Waals surface area (Å²) in [5.74, 6) is 0. The topological polar surface area (TPSA) is 47.8 Å². The molecule has 4 nitrogen and oxygen atoms in total. The van der Waals surface area contributed by atoms with Crippen molar-refractivity contribution in [1.29, 1.82) is 0 Å². The number of benzene rings is 2. The van der Waals surface area contributed by atoms with Crippen molar-refractivity contribution in [3.05, 3.63) is 76.6 Å². The van der Waals surface area contributed by atoms with E-state index in [1.807, 2.05) is 42.5 Å². The Kier molecular flexibility index (Phi) is 3.83.